The van der Waals surface area contributed by atoms with Gasteiger partial charge in [-0.05, 0) is 68.0 Å². The molecule has 2 aromatic carbocycles. The fourth-order valence-electron chi connectivity index (χ4n) is 2.61. The molecule has 0 unspecified atom stereocenters. The van der Waals surface area contributed by atoms with Crippen LogP contribution in [0.4, 0.5) is 5.69 Å². The first kappa shape index (κ1) is 21.3. The van der Waals surface area contributed by atoms with E-state index < -0.39 is 0 Å². The fourth-order valence-corrected chi connectivity index (χ4v) is 2.61. The van der Waals surface area contributed by atoms with Crippen LogP contribution in [-0.4, -0.2) is 6.61 Å². The molecule has 2 aromatic rings. The Balaban J connectivity index is 0.00000312. The second-order valence-electron chi connectivity index (χ2n) is 6.36. The number of anilines is 1. The van der Waals surface area contributed by atoms with Gasteiger partial charge < -0.3 is 10.5 Å². The van der Waals surface area contributed by atoms with Gasteiger partial charge in [0.2, 0.25) is 0 Å². The van der Waals surface area contributed by atoms with Crippen molar-refractivity contribution in [1.29, 1.82) is 0 Å². The number of hydrogen-bond acceptors (Lipinski definition) is 2. The Morgan fingerprint density at radius 1 is 1.00 bits per heavy atom. The predicted molar refractivity (Wildman–Crippen MR) is 115 cm³/mol. The van der Waals surface area contributed by atoms with Crippen LogP contribution in [0.1, 0.15) is 50.7 Å². The van der Waals surface area contributed by atoms with Crippen LogP contribution in [0.15, 0.2) is 54.1 Å². The lowest BCUT2D eigenvalue weighted by Crippen LogP contribution is -1.95. The molecule has 136 valence electrons. The molecule has 25 heavy (non-hydrogen) atoms. The molecule has 0 amide bonds. The SMILES string of the molecule is Br.CCCCOc1ccc(/C=C(\C)CCCc2ccc(N)cc2)cc1. The van der Waals surface area contributed by atoms with E-state index in [2.05, 4.69) is 56.3 Å². The van der Waals surface area contributed by atoms with Crippen molar-refractivity contribution < 1.29 is 4.74 Å². The van der Waals surface area contributed by atoms with Crippen molar-refractivity contribution in [1.82, 2.24) is 0 Å². The molecule has 3 heteroatoms. The van der Waals surface area contributed by atoms with Gasteiger partial charge in [-0.25, -0.2) is 0 Å². The van der Waals surface area contributed by atoms with E-state index in [1.54, 1.807) is 0 Å². The van der Waals surface area contributed by atoms with Crippen LogP contribution in [0.25, 0.3) is 6.08 Å². The Morgan fingerprint density at radius 3 is 2.32 bits per heavy atom. The lowest BCUT2D eigenvalue weighted by molar-refractivity contribution is 0.309. The van der Waals surface area contributed by atoms with Crippen LogP contribution < -0.4 is 10.5 Å². The molecule has 0 saturated heterocycles. The number of unbranched alkanes of at least 4 members (excludes halogenated alkanes) is 1. The summed E-state index contributed by atoms with van der Waals surface area (Å²) in [6.07, 6.45) is 7.89. The molecule has 0 fully saturated rings. The maximum atomic E-state index is 5.72. The number of halogens is 1. The van der Waals surface area contributed by atoms with Gasteiger partial charge in [0.05, 0.1) is 6.61 Å². The average Bonchev–Trinajstić information content (AvgIpc) is 2.58. The first-order valence-electron chi connectivity index (χ1n) is 8.92. The van der Waals surface area contributed by atoms with Gasteiger partial charge >= 0.3 is 0 Å². The predicted octanol–water partition coefficient (Wildman–Crippen LogP) is 6.45. The molecule has 2 nitrogen and oxygen atoms in total. The van der Waals surface area contributed by atoms with E-state index in [1.807, 2.05) is 12.1 Å². The normalized spacial score (nSPS) is 11.0. The number of rotatable bonds is 9. The van der Waals surface area contributed by atoms with Gasteiger partial charge in [0.15, 0.2) is 0 Å². The number of hydrogen-bond donors (Lipinski definition) is 1. The van der Waals surface area contributed by atoms with Crippen molar-refractivity contribution in [2.45, 2.75) is 46.0 Å². The maximum absolute atomic E-state index is 5.72. The molecule has 0 aromatic heterocycles. The quantitative estimate of drug-likeness (QED) is 0.385. The van der Waals surface area contributed by atoms with E-state index in [4.69, 9.17) is 10.5 Å². The topological polar surface area (TPSA) is 35.2 Å². The maximum Gasteiger partial charge on any atom is 0.119 e. The van der Waals surface area contributed by atoms with E-state index >= 15 is 0 Å². The lowest BCUT2D eigenvalue weighted by Gasteiger charge is -2.06. The summed E-state index contributed by atoms with van der Waals surface area (Å²) in [5.74, 6) is 0.960. The van der Waals surface area contributed by atoms with Gasteiger partial charge in [-0.2, -0.15) is 0 Å². The zero-order valence-corrected chi connectivity index (χ0v) is 17.0. The Kier molecular flexibility index (Phi) is 10.0. The smallest absolute Gasteiger partial charge is 0.119 e. The number of aryl methyl sites for hydroxylation is 1. The Labute approximate surface area is 162 Å². The van der Waals surface area contributed by atoms with Crippen LogP contribution in [0.2, 0.25) is 0 Å². The molecule has 0 spiro atoms. The number of benzene rings is 2. The Hall–Kier alpha value is -1.74. The summed E-state index contributed by atoms with van der Waals surface area (Å²) in [7, 11) is 0. The summed E-state index contributed by atoms with van der Waals surface area (Å²) < 4.78 is 5.70. The van der Waals surface area contributed by atoms with E-state index in [1.165, 1.54) is 16.7 Å². The van der Waals surface area contributed by atoms with Gasteiger partial charge in [0.25, 0.3) is 0 Å². The third kappa shape index (κ3) is 8.26. The average molecular weight is 404 g/mol. The highest BCUT2D eigenvalue weighted by Crippen LogP contribution is 2.17. The fraction of sp³-hybridized carbons (Fsp3) is 0.364. The third-order valence-corrected chi connectivity index (χ3v) is 4.08. The van der Waals surface area contributed by atoms with E-state index in [0.717, 1.165) is 50.1 Å². The van der Waals surface area contributed by atoms with Crippen LogP contribution in [0.5, 0.6) is 5.75 Å². The number of nitrogen functional groups attached to an aromatic ring is 1. The van der Waals surface area contributed by atoms with Gasteiger partial charge in [-0.3, -0.25) is 0 Å². The highest BCUT2D eigenvalue weighted by molar-refractivity contribution is 8.93. The first-order valence-corrected chi connectivity index (χ1v) is 8.92. The molecule has 2 N–H and O–H groups in total. The summed E-state index contributed by atoms with van der Waals surface area (Å²) in [6, 6.07) is 16.6. The highest BCUT2D eigenvalue weighted by atomic mass is 79.9. The largest absolute Gasteiger partial charge is 0.494 e. The minimum absolute atomic E-state index is 0. The van der Waals surface area contributed by atoms with Gasteiger partial charge in [0, 0.05) is 5.69 Å². The zero-order valence-electron chi connectivity index (χ0n) is 15.3. The second-order valence-corrected chi connectivity index (χ2v) is 6.36. The van der Waals surface area contributed by atoms with Crippen LogP contribution in [-0.2, 0) is 6.42 Å². The molecule has 0 atom stereocenters. The van der Waals surface area contributed by atoms with Crippen molar-refractivity contribution in [3.05, 3.63) is 65.2 Å². The summed E-state index contributed by atoms with van der Waals surface area (Å²) in [6.45, 7) is 5.18. The molecule has 0 heterocycles. The first-order chi connectivity index (χ1) is 11.7. The summed E-state index contributed by atoms with van der Waals surface area (Å²) in [4.78, 5) is 0. The van der Waals surface area contributed by atoms with Gasteiger partial charge in [-0.15, -0.1) is 17.0 Å². The van der Waals surface area contributed by atoms with Crippen molar-refractivity contribution >= 4 is 28.7 Å². The van der Waals surface area contributed by atoms with Gasteiger partial charge in [-0.1, -0.05) is 49.3 Å². The van der Waals surface area contributed by atoms with Crippen LogP contribution >= 0.6 is 17.0 Å². The number of nitrogens with two attached hydrogens (primary N) is 1. The van der Waals surface area contributed by atoms with Gasteiger partial charge in [0.1, 0.15) is 5.75 Å². The minimum atomic E-state index is 0. The van der Waals surface area contributed by atoms with Crippen molar-refractivity contribution in [2.24, 2.45) is 0 Å². The minimum Gasteiger partial charge on any atom is -0.494 e. The molecular weight excluding hydrogens is 374 g/mol. The van der Waals surface area contributed by atoms with Crippen molar-refractivity contribution in [2.75, 3.05) is 12.3 Å². The molecular formula is C22H30BrNO. The Morgan fingerprint density at radius 2 is 1.68 bits per heavy atom. The standard InChI is InChI=1S/C22H29NO.BrH/c1-3-4-16-24-22-14-10-20(11-15-22)17-18(2)6-5-7-19-8-12-21(23)13-9-19;/h8-15,17H,3-7,16,23H2,1-2H3;1H/b18-17+;. The van der Waals surface area contributed by atoms with Crippen molar-refractivity contribution in [3.63, 3.8) is 0 Å². The molecule has 0 radical (unpaired) electrons. The zero-order chi connectivity index (χ0) is 17.2. The van der Waals surface area contributed by atoms with Crippen LogP contribution in [0.3, 0.4) is 0 Å². The molecule has 0 saturated carbocycles. The number of allylic oxidation sites excluding steroid dienone is 1. The summed E-state index contributed by atoms with van der Waals surface area (Å²) >= 11 is 0. The second kappa shape index (κ2) is 11.8. The Bertz CT molecular complexity index is 632. The van der Waals surface area contributed by atoms with E-state index in [0.29, 0.717) is 0 Å². The molecule has 0 aliphatic carbocycles. The highest BCUT2D eigenvalue weighted by Gasteiger charge is 1.97. The monoisotopic (exact) mass is 403 g/mol. The molecule has 0 aliphatic heterocycles. The number of ether oxygens (including phenoxy) is 1. The third-order valence-electron chi connectivity index (χ3n) is 4.08. The van der Waals surface area contributed by atoms with E-state index in [9.17, 15) is 0 Å². The summed E-state index contributed by atoms with van der Waals surface area (Å²) in [5, 5.41) is 0. The van der Waals surface area contributed by atoms with Crippen LogP contribution in [0, 0.1) is 0 Å². The summed E-state index contributed by atoms with van der Waals surface area (Å²) in [5.41, 5.74) is 10.5. The lowest BCUT2D eigenvalue weighted by atomic mass is 10.0. The van der Waals surface area contributed by atoms with E-state index in [-0.39, 0.29) is 17.0 Å². The molecule has 0 aliphatic rings. The molecule has 0 bridgehead atoms. The molecule has 2 rings (SSSR count). The van der Waals surface area contributed by atoms with Crippen molar-refractivity contribution in [3.8, 4) is 5.75 Å².